The molecule has 0 radical (unpaired) electrons. The average molecular weight is 944 g/mol. The number of amides is 3. The third-order valence-electron chi connectivity index (χ3n) is 12.4. The lowest BCUT2D eigenvalue weighted by Crippen LogP contribution is -2.45. The number of ether oxygens (including phenoxy) is 4. The number of para-hydroxylation sites is 2. The van der Waals surface area contributed by atoms with E-state index in [9.17, 15) is 24.3 Å². The van der Waals surface area contributed by atoms with Crippen LogP contribution in [0.5, 0.6) is 23.0 Å². The molecule has 0 saturated heterocycles. The van der Waals surface area contributed by atoms with Crippen molar-refractivity contribution in [3.05, 3.63) is 124 Å². The normalized spacial score (nSPS) is 17.6. The van der Waals surface area contributed by atoms with Crippen LogP contribution in [0, 0.1) is 0 Å². The van der Waals surface area contributed by atoms with E-state index in [-0.39, 0.29) is 42.8 Å². The summed E-state index contributed by atoms with van der Waals surface area (Å²) in [5, 5.41) is 21.0. The smallest absolute Gasteiger partial charge is 0.260 e. The van der Waals surface area contributed by atoms with Gasteiger partial charge in [-0.25, -0.2) is 0 Å². The minimum atomic E-state index is -1.04. The molecule has 1 unspecified atom stereocenters. The zero-order valence-electron chi connectivity index (χ0n) is 37.6. The Morgan fingerprint density at radius 2 is 1.28 bits per heavy atom. The van der Waals surface area contributed by atoms with Gasteiger partial charge in [-0.1, -0.05) is 58.0 Å². The molecule has 3 atom stereocenters. The highest BCUT2D eigenvalue weighted by Gasteiger charge is 2.42. The molecule has 4 aliphatic rings. The van der Waals surface area contributed by atoms with Crippen molar-refractivity contribution in [2.45, 2.75) is 77.0 Å². The molecule has 16 heteroatoms. The van der Waals surface area contributed by atoms with Crippen LogP contribution in [-0.4, -0.2) is 79.2 Å². The Hall–Kier alpha value is -6.36. The van der Waals surface area contributed by atoms with Gasteiger partial charge in [-0.2, -0.15) is 0 Å². The van der Waals surface area contributed by atoms with Gasteiger partial charge in [0.1, 0.15) is 25.2 Å². The first-order valence-electron chi connectivity index (χ1n) is 22.5. The topological polar surface area (TPSA) is 168 Å². The minimum absolute atomic E-state index is 0.0282. The molecule has 0 bridgehead atoms. The van der Waals surface area contributed by atoms with Gasteiger partial charge in [-0.3, -0.25) is 14.4 Å². The molecule has 0 aliphatic carbocycles. The molecule has 14 nitrogen and oxygen atoms in total. The van der Waals surface area contributed by atoms with Gasteiger partial charge in [0, 0.05) is 60.1 Å². The highest BCUT2D eigenvalue weighted by Crippen LogP contribution is 2.43. The summed E-state index contributed by atoms with van der Waals surface area (Å²) in [4.78, 5) is 56.2. The summed E-state index contributed by atoms with van der Waals surface area (Å²) in [5.41, 5.74) is 7.74. The molecule has 4 heterocycles. The second kappa shape index (κ2) is 20.2. The zero-order chi connectivity index (χ0) is 46.6. The summed E-state index contributed by atoms with van der Waals surface area (Å²) >= 11 is 0. The number of nitrogens with zero attached hydrogens (tertiary/aromatic N) is 2. The molecule has 67 heavy (non-hydrogen) atoms. The zero-order valence-corrected chi connectivity index (χ0v) is 39.2. The average Bonchev–Trinajstić information content (AvgIpc) is 3.85. The van der Waals surface area contributed by atoms with Crippen molar-refractivity contribution in [3.8, 4) is 23.0 Å². The van der Waals surface area contributed by atoms with Crippen LogP contribution in [0.4, 0.5) is 28.4 Å². The van der Waals surface area contributed by atoms with Gasteiger partial charge in [-0.05, 0) is 97.3 Å². The molecular formula is C51H53N5O9S2. The number of ketones is 1. The molecule has 4 aliphatic heterocycles. The molecule has 0 fully saturated rings. The number of hydrogen-bond donors (Lipinski definition) is 4. The van der Waals surface area contributed by atoms with Crippen LogP contribution < -0.4 is 44.7 Å². The van der Waals surface area contributed by atoms with Crippen molar-refractivity contribution in [1.29, 1.82) is 0 Å². The van der Waals surface area contributed by atoms with E-state index in [1.54, 1.807) is 64.8 Å². The number of methoxy groups -OCH3 is 2. The first-order valence-corrected chi connectivity index (χ1v) is 24.9. The van der Waals surface area contributed by atoms with Gasteiger partial charge >= 0.3 is 0 Å². The van der Waals surface area contributed by atoms with Gasteiger partial charge in [0.05, 0.1) is 48.8 Å². The summed E-state index contributed by atoms with van der Waals surface area (Å²) in [5.74, 6) is 2.91. The van der Waals surface area contributed by atoms with Crippen molar-refractivity contribution < 1.29 is 43.2 Å². The van der Waals surface area contributed by atoms with Gasteiger partial charge in [-0.15, -0.1) is 0 Å². The third-order valence-corrected chi connectivity index (χ3v) is 15.0. The van der Waals surface area contributed by atoms with Crippen molar-refractivity contribution in [2.24, 2.45) is 0 Å². The molecule has 0 spiro atoms. The Morgan fingerprint density at radius 3 is 1.93 bits per heavy atom. The first kappa shape index (κ1) is 45.8. The van der Waals surface area contributed by atoms with E-state index in [0.717, 1.165) is 52.4 Å². The largest absolute Gasteiger partial charge is 0.493 e. The Morgan fingerprint density at radius 1 is 0.716 bits per heavy atom. The third kappa shape index (κ3) is 9.88. The van der Waals surface area contributed by atoms with Gasteiger partial charge in [0.2, 0.25) is 5.91 Å². The molecule has 4 N–H and O–H groups in total. The second-order valence-electron chi connectivity index (χ2n) is 17.0. The van der Waals surface area contributed by atoms with E-state index in [1.807, 2.05) is 65.6 Å². The first-order chi connectivity index (χ1) is 32.6. The quantitative estimate of drug-likeness (QED) is 0.0487. The summed E-state index contributed by atoms with van der Waals surface area (Å²) in [6.07, 6.45) is 2.66. The van der Waals surface area contributed by atoms with Crippen LogP contribution in [-0.2, 0) is 35.6 Å². The van der Waals surface area contributed by atoms with Crippen LogP contribution in [0.15, 0.2) is 91.0 Å². The van der Waals surface area contributed by atoms with Gasteiger partial charge < -0.3 is 54.6 Å². The summed E-state index contributed by atoms with van der Waals surface area (Å²) in [7, 11) is 6.47. The summed E-state index contributed by atoms with van der Waals surface area (Å²) < 4.78 is 24.4. The van der Waals surface area contributed by atoms with Crippen LogP contribution >= 0.6 is 21.6 Å². The number of hydrogen-bond acceptors (Lipinski definition) is 13. The lowest BCUT2D eigenvalue weighted by Gasteiger charge is -2.26. The van der Waals surface area contributed by atoms with Crippen LogP contribution in [0.2, 0.25) is 0 Å². The lowest BCUT2D eigenvalue weighted by molar-refractivity contribution is -0.117. The Kier molecular flexibility index (Phi) is 13.8. The molecular weight excluding hydrogens is 891 g/mol. The number of anilines is 5. The maximum Gasteiger partial charge on any atom is 0.260 e. The predicted octanol–water partition coefficient (Wildman–Crippen LogP) is 8.64. The standard InChI is InChI=1S/C51H53N5O9S2/c1-30(57)10-8-16-66-67-17-9-15-48(58)53-35-19-31(28-64-46-25-39-37(23-44(46)62-2)50(60)55-36(27-52-39)21-33-11-4-6-13-41(33)55)18-32(20-35)29-65-47-26-40-38(24-45(47)63-3)51(61)56-42-14-7-5-12-34(42)22-43(56)49(59)54-40/h4-7,11-14,18-20,23-26,36,43,49,52,54,59H,8-10,15-17,21-22,27-29H2,1-3H3,(H,53,58)/t36-,43-,49?/m0/s1. The van der Waals surface area contributed by atoms with E-state index in [1.165, 1.54) is 7.11 Å². The van der Waals surface area contributed by atoms with E-state index in [0.29, 0.717) is 89.0 Å². The maximum absolute atomic E-state index is 14.1. The highest BCUT2D eigenvalue weighted by molar-refractivity contribution is 8.76. The predicted molar refractivity (Wildman–Crippen MR) is 263 cm³/mol. The molecule has 9 rings (SSSR count). The number of fused-ring (bicyclic) bond motifs is 8. The molecule has 0 saturated carbocycles. The van der Waals surface area contributed by atoms with E-state index in [2.05, 4.69) is 22.0 Å². The minimum Gasteiger partial charge on any atom is -0.493 e. The van der Waals surface area contributed by atoms with E-state index >= 15 is 0 Å². The number of carbonyl (C=O) groups is 4. The monoisotopic (exact) mass is 943 g/mol. The maximum atomic E-state index is 14.1. The van der Waals surface area contributed by atoms with Crippen molar-refractivity contribution >= 4 is 73.5 Å². The summed E-state index contributed by atoms with van der Waals surface area (Å²) in [6, 6.07) is 27.6. The number of nitrogens with one attached hydrogen (secondary N) is 3. The van der Waals surface area contributed by atoms with Crippen molar-refractivity contribution in [1.82, 2.24) is 0 Å². The number of Topliss-reactive ketones (excluding diaryl/α,β-unsaturated/α-hetero) is 1. The fourth-order valence-electron chi connectivity index (χ4n) is 9.19. The van der Waals surface area contributed by atoms with Crippen LogP contribution in [0.1, 0.15) is 75.6 Å². The molecule has 5 aromatic carbocycles. The number of carbonyl (C=O) groups excluding carboxylic acids is 4. The van der Waals surface area contributed by atoms with Crippen molar-refractivity contribution in [3.63, 3.8) is 0 Å². The van der Waals surface area contributed by atoms with E-state index in [4.69, 9.17) is 18.9 Å². The van der Waals surface area contributed by atoms with Crippen molar-refractivity contribution in [2.75, 3.05) is 58.0 Å². The van der Waals surface area contributed by atoms with Gasteiger partial charge in [0.25, 0.3) is 11.8 Å². The van der Waals surface area contributed by atoms with Crippen LogP contribution in [0.25, 0.3) is 0 Å². The Bertz CT molecular complexity index is 2720. The second-order valence-corrected chi connectivity index (χ2v) is 19.7. The molecule has 0 aromatic heterocycles. The van der Waals surface area contributed by atoms with E-state index < -0.39 is 12.3 Å². The lowest BCUT2D eigenvalue weighted by atomic mass is 10.1. The molecule has 348 valence electrons. The number of aliphatic hydroxyl groups is 1. The fraction of sp³-hybridized carbons (Fsp3) is 0.333. The molecule has 5 aromatic rings. The highest BCUT2D eigenvalue weighted by atomic mass is 33.1. The SMILES string of the molecule is COc1cc2c(cc1OCc1cc(COc3cc4c(cc3OC)C(=O)N3c5ccccc5C[C@H]3C(O)N4)cc(NC(=O)CCCSSCCCC(C)=O)c1)NC[C@@H]1Cc3ccccc3N1C2=O. The number of benzene rings is 5. The molecule has 3 amide bonds. The Balaban J connectivity index is 0.933. The summed E-state index contributed by atoms with van der Waals surface area (Å²) in [6.45, 7) is 2.32. The fourth-order valence-corrected chi connectivity index (χ4v) is 11.4. The Labute approximate surface area is 397 Å². The van der Waals surface area contributed by atoms with Gasteiger partial charge in [0.15, 0.2) is 23.0 Å². The van der Waals surface area contributed by atoms with Crippen LogP contribution in [0.3, 0.4) is 0 Å². The number of rotatable bonds is 18. The number of aliphatic hydroxyl groups excluding tert-OH is 1.